The van der Waals surface area contributed by atoms with Crippen molar-refractivity contribution >= 4 is 23.2 Å². The molecular formula is C18H27N3O2. The Bertz CT molecular complexity index is 571. The fourth-order valence-corrected chi connectivity index (χ4v) is 3.10. The third-order valence-corrected chi connectivity index (χ3v) is 4.52. The van der Waals surface area contributed by atoms with Crippen LogP contribution in [0.5, 0.6) is 0 Å². The highest BCUT2D eigenvalue weighted by Crippen LogP contribution is 2.28. The molecule has 126 valence electrons. The van der Waals surface area contributed by atoms with Gasteiger partial charge in [0.05, 0.1) is 0 Å². The van der Waals surface area contributed by atoms with E-state index < -0.39 is 0 Å². The Hall–Kier alpha value is -1.88. The molecule has 0 bridgehead atoms. The van der Waals surface area contributed by atoms with Gasteiger partial charge in [0.15, 0.2) is 0 Å². The fourth-order valence-electron chi connectivity index (χ4n) is 3.10. The van der Waals surface area contributed by atoms with Crippen molar-refractivity contribution in [2.45, 2.75) is 58.4 Å². The van der Waals surface area contributed by atoms with Gasteiger partial charge >= 0.3 is 0 Å². The molecule has 0 unspecified atom stereocenters. The number of carbonyl (C=O) groups is 2. The summed E-state index contributed by atoms with van der Waals surface area (Å²) >= 11 is 0. The van der Waals surface area contributed by atoms with E-state index in [1.807, 2.05) is 32.0 Å². The van der Waals surface area contributed by atoms with Crippen molar-refractivity contribution in [1.82, 2.24) is 0 Å². The van der Waals surface area contributed by atoms with Crippen LogP contribution in [-0.2, 0) is 9.59 Å². The maximum Gasteiger partial charge on any atom is 0.224 e. The van der Waals surface area contributed by atoms with Crippen molar-refractivity contribution in [3.8, 4) is 0 Å². The van der Waals surface area contributed by atoms with Gasteiger partial charge in [0.25, 0.3) is 0 Å². The number of nitrogens with one attached hydrogen (secondary N) is 2. The van der Waals surface area contributed by atoms with Crippen molar-refractivity contribution in [3.63, 3.8) is 0 Å². The SMILES string of the molecule is CCCC(=O)Nc1cccc(NC(=O)C[C@@H]2CCC[C@H]2N)c1C. The van der Waals surface area contributed by atoms with E-state index in [0.717, 1.165) is 42.6 Å². The largest absolute Gasteiger partial charge is 0.327 e. The number of anilines is 2. The molecule has 0 radical (unpaired) electrons. The normalized spacial score (nSPS) is 20.3. The third kappa shape index (κ3) is 4.79. The first kappa shape index (κ1) is 17.5. The zero-order valence-electron chi connectivity index (χ0n) is 14.0. The van der Waals surface area contributed by atoms with Crippen molar-refractivity contribution < 1.29 is 9.59 Å². The Kier molecular flexibility index (Phi) is 6.16. The minimum Gasteiger partial charge on any atom is -0.327 e. The number of nitrogens with two attached hydrogens (primary N) is 1. The van der Waals surface area contributed by atoms with Crippen LogP contribution in [0.15, 0.2) is 18.2 Å². The Morgan fingerprint density at radius 1 is 1.17 bits per heavy atom. The van der Waals surface area contributed by atoms with Crippen LogP contribution in [0, 0.1) is 12.8 Å². The number of hydrogen-bond acceptors (Lipinski definition) is 3. The summed E-state index contributed by atoms with van der Waals surface area (Å²) in [7, 11) is 0. The first-order chi connectivity index (χ1) is 11.0. The predicted molar refractivity (Wildman–Crippen MR) is 93.3 cm³/mol. The molecule has 1 aromatic carbocycles. The standard InChI is InChI=1S/C18H27N3O2/c1-3-6-17(22)20-15-9-5-10-16(12(15)2)21-18(23)11-13-7-4-8-14(13)19/h5,9-10,13-14H,3-4,6-8,11,19H2,1-2H3,(H,20,22)(H,21,23)/t13-,14+/m0/s1. The average molecular weight is 317 g/mol. The molecule has 0 aliphatic heterocycles. The number of carbonyl (C=O) groups excluding carboxylic acids is 2. The van der Waals surface area contributed by atoms with E-state index in [2.05, 4.69) is 10.6 Å². The zero-order chi connectivity index (χ0) is 16.8. The second-order valence-corrected chi connectivity index (χ2v) is 6.38. The van der Waals surface area contributed by atoms with Crippen LogP contribution in [0.1, 0.15) is 51.0 Å². The number of benzene rings is 1. The van der Waals surface area contributed by atoms with Gasteiger partial charge in [-0.05, 0) is 49.8 Å². The smallest absolute Gasteiger partial charge is 0.224 e. The summed E-state index contributed by atoms with van der Waals surface area (Å²) in [4.78, 5) is 24.0. The van der Waals surface area contributed by atoms with Crippen LogP contribution in [0.4, 0.5) is 11.4 Å². The van der Waals surface area contributed by atoms with Crippen LogP contribution in [0.2, 0.25) is 0 Å². The van der Waals surface area contributed by atoms with Crippen molar-refractivity contribution in [2.75, 3.05) is 10.6 Å². The van der Waals surface area contributed by atoms with E-state index in [-0.39, 0.29) is 23.8 Å². The van der Waals surface area contributed by atoms with E-state index in [1.165, 1.54) is 0 Å². The molecule has 1 aliphatic rings. The van der Waals surface area contributed by atoms with Crippen LogP contribution in [-0.4, -0.2) is 17.9 Å². The lowest BCUT2D eigenvalue weighted by Gasteiger charge is -2.17. The molecule has 0 heterocycles. The highest BCUT2D eigenvalue weighted by atomic mass is 16.2. The van der Waals surface area contributed by atoms with E-state index in [9.17, 15) is 9.59 Å². The Balaban J connectivity index is 1.99. The van der Waals surface area contributed by atoms with Crippen LogP contribution < -0.4 is 16.4 Å². The van der Waals surface area contributed by atoms with Gasteiger partial charge in [-0.2, -0.15) is 0 Å². The quantitative estimate of drug-likeness (QED) is 0.753. The molecule has 2 atom stereocenters. The van der Waals surface area contributed by atoms with Crippen molar-refractivity contribution in [1.29, 1.82) is 0 Å². The molecule has 0 spiro atoms. The van der Waals surface area contributed by atoms with Gasteiger partial charge in [0.2, 0.25) is 11.8 Å². The van der Waals surface area contributed by atoms with Gasteiger partial charge in [-0.1, -0.05) is 19.4 Å². The second kappa shape index (κ2) is 8.11. The third-order valence-electron chi connectivity index (χ3n) is 4.52. The van der Waals surface area contributed by atoms with Gasteiger partial charge in [-0.3, -0.25) is 9.59 Å². The van der Waals surface area contributed by atoms with Crippen molar-refractivity contribution in [3.05, 3.63) is 23.8 Å². The van der Waals surface area contributed by atoms with E-state index in [1.54, 1.807) is 0 Å². The predicted octanol–water partition coefficient (Wildman–Crippen LogP) is 3.19. The molecular weight excluding hydrogens is 290 g/mol. The summed E-state index contributed by atoms with van der Waals surface area (Å²) < 4.78 is 0. The highest BCUT2D eigenvalue weighted by molar-refractivity contribution is 5.95. The average Bonchev–Trinajstić information content (AvgIpc) is 2.89. The van der Waals surface area contributed by atoms with Gasteiger partial charge in [-0.25, -0.2) is 0 Å². The molecule has 2 amide bonds. The summed E-state index contributed by atoms with van der Waals surface area (Å²) in [5.74, 6) is 0.270. The number of hydrogen-bond donors (Lipinski definition) is 3. The second-order valence-electron chi connectivity index (χ2n) is 6.38. The molecule has 2 rings (SSSR count). The minimum absolute atomic E-state index is 0.00370. The molecule has 1 saturated carbocycles. The van der Waals surface area contributed by atoms with Gasteiger partial charge in [-0.15, -0.1) is 0 Å². The Labute approximate surface area is 138 Å². The van der Waals surface area contributed by atoms with E-state index >= 15 is 0 Å². The van der Waals surface area contributed by atoms with Crippen LogP contribution >= 0.6 is 0 Å². The Morgan fingerprint density at radius 3 is 2.39 bits per heavy atom. The van der Waals surface area contributed by atoms with E-state index in [4.69, 9.17) is 5.73 Å². The molecule has 4 N–H and O–H groups in total. The number of rotatable bonds is 6. The highest BCUT2D eigenvalue weighted by Gasteiger charge is 2.26. The molecule has 1 aliphatic carbocycles. The monoisotopic (exact) mass is 317 g/mol. The zero-order valence-corrected chi connectivity index (χ0v) is 14.0. The van der Waals surface area contributed by atoms with E-state index in [0.29, 0.717) is 12.8 Å². The van der Waals surface area contributed by atoms with Crippen LogP contribution in [0.25, 0.3) is 0 Å². The lowest BCUT2D eigenvalue weighted by atomic mass is 9.99. The molecule has 5 nitrogen and oxygen atoms in total. The fraction of sp³-hybridized carbons (Fsp3) is 0.556. The first-order valence-corrected chi connectivity index (χ1v) is 8.46. The lowest BCUT2D eigenvalue weighted by Crippen LogP contribution is -2.28. The summed E-state index contributed by atoms with van der Waals surface area (Å²) in [5.41, 5.74) is 8.40. The molecule has 1 aromatic rings. The van der Waals surface area contributed by atoms with Gasteiger partial charge in [0, 0.05) is 30.3 Å². The number of amides is 2. The topological polar surface area (TPSA) is 84.2 Å². The summed E-state index contributed by atoms with van der Waals surface area (Å²) in [6.07, 6.45) is 4.92. The lowest BCUT2D eigenvalue weighted by molar-refractivity contribution is -0.117. The summed E-state index contributed by atoms with van der Waals surface area (Å²) in [6, 6.07) is 5.69. The molecule has 0 aromatic heterocycles. The molecule has 23 heavy (non-hydrogen) atoms. The maximum absolute atomic E-state index is 12.2. The van der Waals surface area contributed by atoms with Gasteiger partial charge < -0.3 is 16.4 Å². The minimum atomic E-state index is -0.00696. The van der Waals surface area contributed by atoms with Crippen molar-refractivity contribution in [2.24, 2.45) is 11.7 Å². The summed E-state index contributed by atoms with van der Waals surface area (Å²) in [6.45, 7) is 3.87. The summed E-state index contributed by atoms with van der Waals surface area (Å²) in [5, 5.41) is 5.85. The van der Waals surface area contributed by atoms with Gasteiger partial charge in [0.1, 0.15) is 0 Å². The molecule has 0 saturated heterocycles. The Morgan fingerprint density at radius 2 is 1.83 bits per heavy atom. The molecule has 1 fully saturated rings. The molecule has 5 heteroatoms. The first-order valence-electron chi connectivity index (χ1n) is 8.46. The maximum atomic E-state index is 12.2. The van der Waals surface area contributed by atoms with Crippen LogP contribution in [0.3, 0.4) is 0 Å².